The zero-order chi connectivity index (χ0) is 24.6. The molecule has 2 fully saturated rings. The van der Waals surface area contributed by atoms with Crippen molar-refractivity contribution in [1.82, 2.24) is 15.5 Å². The summed E-state index contributed by atoms with van der Waals surface area (Å²) in [6, 6.07) is -1.00. The zero-order valence-corrected chi connectivity index (χ0v) is 21.8. The minimum Gasteiger partial charge on any atom is -0.447 e. The van der Waals surface area contributed by atoms with E-state index in [0.29, 0.717) is 25.4 Å². The number of carbonyl (C=O) groups is 3. The van der Waals surface area contributed by atoms with E-state index in [9.17, 15) is 14.4 Å². The Hall–Kier alpha value is -1.48. The molecule has 190 valence electrons. The molecule has 0 spiro atoms. The summed E-state index contributed by atoms with van der Waals surface area (Å²) < 4.78 is 4.71. The predicted molar refractivity (Wildman–Crippen MR) is 133 cm³/mol. The Balaban J connectivity index is 2.07. The molecule has 2 aliphatic rings. The molecule has 8 nitrogen and oxygen atoms in total. The Morgan fingerprint density at radius 1 is 1.15 bits per heavy atom. The van der Waals surface area contributed by atoms with Gasteiger partial charge in [0.1, 0.15) is 12.1 Å². The summed E-state index contributed by atoms with van der Waals surface area (Å²) in [7, 11) is 0. The molecule has 1 saturated carbocycles. The molecule has 0 aromatic heterocycles. The first-order valence-electron chi connectivity index (χ1n) is 12.5. The van der Waals surface area contributed by atoms with Gasteiger partial charge < -0.3 is 26.0 Å². The lowest BCUT2D eigenvalue weighted by Gasteiger charge is -2.37. The van der Waals surface area contributed by atoms with Crippen LogP contribution in [0.15, 0.2) is 0 Å². The number of ether oxygens (including phenoxy) is 1. The van der Waals surface area contributed by atoms with Gasteiger partial charge >= 0.3 is 6.09 Å². The topological polar surface area (TPSA) is 114 Å². The fourth-order valence-corrected chi connectivity index (χ4v) is 5.63. The molecule has 3 amide bonds. The first kappa shape index (κ1) is 27.8. The standard InChI is InChI=1S/C24H44N4O4S/c1-6-14-33-24(4,5)20(27-23(31)32-16(2)3)22(30)28-13-7-8-19(28)21(29)26-15-17-9-11-18(25)12-10-17/h16-20H,6-15,25H2,1-5H3,(H,26,29)(H,27,31)/t17-,18-,19-,20-/m0/s1. The van der Waals surface area contributed by atoms with Crippen LogP contribution in [0, 0.1) is 5.92 Å². The molecule has 2 atom stereocenters. The fourth-order valence-electron chi connectivity index (χ4n) is 4.57. The van der Waals surface area contributed by atoms with E-state index in [2.05, 4.69) is 17.6 Å². The van der Waals surface area contributed by atoms with Crippen molar-refractivity contribution in [3.8, 4) is 0 Å². The van der Waals surface area contributed by atoms with Crippen LogP contribution in [0.25, 0.3) is 0 Å². The maximum Gasteiger partial charge on any atom is 0.408 e. The van der Waals surface area contributed by atoms with Crippen LogP contribution in [0.3, 0.4) is 0 Å². The summed E-state index contributed by atoms with van der Waals surface area (Å²) in [5.41, 5.74) is 5.99. The van der Waals surface area contributed by atoms with Gasteiger partial charge in [-0.15, -0.1) is 0 Å². The predicted octanol–water partition coefficient (Wildman–Crippen LogP) is 3.04. The molecule has 0 radical (unpaired) electrons. The van der Waals surface area contributed by atoms with Gasteiger partial charge in [0.05, 0.1) is 6.10 Å². The van der Waals surface area contributed by atoms with Crippen molar-refractivity contribution in [2.45, 2.75) is 109 Å². The van der Waals surface area contributed by atoms with E-state index < -0.39 is 22.9 Å². The lowest BCUT2D eigenvalue weighted by Crippen LogP contribution is -2.60. The minimum absolute atomic E-state index is 0.0988. The van der Waals surface area contributed by atoms with E-state index in [1.54, 1.807) is 30.5 Å². The van der Waals surface area contributed by atoms with Crippen molar-refractivity contribution in [2.24, 2.45) is 11.7 Å². The van der Waals surface area contributed by atoms with Gasteiger partial charge in [0.2, 0.25) is 11.8 Å². The number of thioether (sulfide) groups is 1. The van der Waals surface area contributed by atoms with Crippen LogP contribution in [0.4, 0.5) is 4.79 Å². The molecular weight excluding hydrogens is 440 g/mol. The Bertz CT molecular complexity index is 665. The van der Waals surface area contributed by atoms with E-state index in [4.69, 9.17) is 10.5 Å². The molecule has 0 unspecified atom stereocenters. The molecule has 2 rings (SSSR count). The van der Waals surface area contributed by atoms with Gasteiger partial charge in [0.15, 0.2) is 0 Å². The first-order valence-corrected chi connectivity index (χ1v) is 13.5. The smallest absolute Gasteiger partial charge is 0.408 e. The second kappa shape index (κ2) is 12.8. The summed E-state index contributed by atoms with van der Waals surface area (Å²) in [5.74, 6) is 1.000. The van der Waals surface area contributed by atoms with Gasteiger partial charge in [-0.05, 0) is 84.3 Å². The number of nitrogens with two attached hydrogens (primary N) is 1. The number of likely N-dealkylation sites (tertiary alicyclic amines) is 1. The van der Waals surface area contributed by atoms with Crippen LogP contribution in [0.2, 0.25) is 0 Å². The molecule has 9 heteroatoms. The molecule has 33 heavy (non-hydrogen) atoms. The van der Waals surface area contributed by atoms with Crippen LogP contribution in [0.5, 0.6) is 0 Å². The zero-order valence-electron chi connectivity index (χ0n) is 21.0. The fraction of sp³-hybridized carbons (Fsp3) is 0.875. The van der Waals surface area contributed by atoms with E-state index in [1.165, 1.54) is 0 Å². The second-order valence-corrected chi connectivity index (χ2v) is 11.9. The van der Waals surface area contributed by atoms with Crippen molar-refractivity contribution >= 4 is 29.7 Å². The van der Waals surface area contributed by atoms with Crippen LogP contribution >= 0.6 is 11.8 Å². The highest BCUT2D eigenvalue weighted by Gasteiger charge is 2.44. The summed E-state index contributed by atoms with van der Waals surface area (Å²) in [6.07, 6.45) is 5.54. The Morgan fingerprint density at radius 2 is 1.82 bits per heavy atom. The third-order valence-electron chi connectivity index (χ3n) is 6.52. The third-order valence-corrected chi connectivity index (χ3v) is 8.11. The molecule has 0 bridgehead atoms. The molecule has 1 saturated heterocycles. The lowest BCUT2D eigenvalue weighted by atomic mass is 9.86. The lowest BCUT2D eigenvalue weighted by molar-refractivity contribution is -0.140. The molecule has 0 aromatic carbocycles. The van der Waals surface area contributed by atoms with E-state index >= 15 is 0 Å². The van der Waals surface area contributed by atoms with Crippen LogP contribution in [0.1, 0.15) is 79.6 Å². The summed E-state index contributed by atoms with van der Waals surface area (Å²) in [4.78, 5) is 40.8. The molecule has 4 N–H and O–H groups in total. The van der Waals surface area contributed by atoms with Crippen molar-refractivity contribution in [1.29, 1.82) is 0 Å². The van der Waals surface area contributed by atoms with Crippen molar-refractivity contribution in [2.75, 3.05) is 18.8 Å². The van der Waals surface area contributed by atoms with Gasteiger partial charge in [-0.2, -0.15) is 11.8 Å². The normalized spacial score (nSPS) is 24.5. The second-order valence-electron chi connectivity index (χ2n) is 10.2. The Morgan fingerprint density at radius 3 is 2.42 bits per heavy atom. The largest absolute Gasteiger partial charge is 0.447 e. The summed E-state index contributed by atoms with van der Waals surface area (Å²) in [5, 5.41) is 5.89. The van der Waals surface area contributed by atoms with Gasteiger partial charge in [0.25, 0.3) is 0 Å². The molecular formula is C24H44N4O4S. The van der Waals surface area contributed by atoms with Gasteiger partial charge in [-0.3, -0.25) is 9.59 Å². The summed E-state index contributed by atoms with van der Waals surface area (Å²) in [6.45, 7) is 10.7. The number of hydrogen-bond acceptors (Lipinski definition) is 6. The molecule has 1 heterocycles. The van der Waals surface area contributed by atoms with E-state index in [-0.39, 0.29) is 24.0 Å². The Kier molecular flexibility index (Phi) is 10.8. The van der Waals surface area contributed by atoms with Crippen molar-refractivity contribution in [3.63, 3.8) is 0 Å². The summed E-state index contributed by atoms with van der Waals surface area (Å²) >= 11 is 1.65. The number of nitrogens with zero attached hydrogens (tertiary/aromatic N) is 1. The monoisotopic (exact) mass is 484 g/mol. The highest BCUT2D eigenvalue weighted by Crippen LogP contribution is 2.32. The highest BCUT2D eigenvalue weighted by atomic mass is 32.2. The number of rotatable bonds is 10. The maximum atomic E-state index is 13.7. The van der Waals surface area contributed by atoms with Crippen LogP contribution in [-0.2, 0) is 14.3 Å². The van der Waals surface area contributed by atoms with E-state index in [1.807, 2.05) is 13.8 Å². The third kappa shape index (κ3) is 8.35. The number of hydrogen-bond donors (Lipinski definition) is 3. The van der Waals surface area contributed by atoms with Crippen LogP contribution < -0.4 is 16.4 Å². The van der Waals surface area contributed by atoms with Crippen molar-refractivity contribution < 1.29 is 19.1 Å². The number of alkyl carbamates (subject to hydrolysis) is 1. The average Bonchev–Trinajstić information content (AvgIpc) is 3.24. The van der Waals surface area contributed by atoms with Gasteiger partial charge in [-0.1, -0.05) is 6.92 Å². The SMILES string of the molecule is CCCSC(C)(C)[C@@H](NC(=O)OC(C)C)C(=O)N1CCC[C@H]1C(=O)NC[C@H]1CC[C@H](N)CC1. The maximum absolute atomic E-state index is 13.7. The molecule has 1 aliphatic heterocycles. The quantitative estimate of drug-likeness (QED) is 0.439. The highest BCUT2D eigenvalue weighted by molar-refractivity contribution is 8.00. The van der Waals surface area contributed by atoms with Crippen LogP contribution in [-0.4, -0.2) is 70.6 Å². The Labute approximate surface area is 203 Å². The first-order chi connectivity index (χ1) is 15.5. The van der Waals surface area contributed by atoms with Gasteiger partial charge in [0, 0.05) is 23.9 Å². The number of carbonyl (C=O) groups excluding carboxylic acids is 3. The van der Waals surface area contributed by atoms with Crippen molar-refractivity contribution in [3.05, 3.63) is 0 Å². The molecule has 1 aliphatic carbocycles. The van der Waals surface area contributed by atoms with Gasteiger partial charge in [-0.25, -0.2) is 4.79 Å². The number of amides is 3. The molecule has 0 aromatic rings. The van der Waals surface area contributed by atoms with E-state index in [0.717, 1.165) is 44.3 Å². The minimum atomic E-state index is -0.784. The average molecular weight is 485 g/mol. The number of nitrogens with one attached hydrogen (secondary N) is 2.